The predicted octanol–water partition coefficient (Wildman–Crippen LogP) is 1.16. The Balaban J connectivity index is 1.99. The van der Waals surface area contributed by atoms with Crippen molar-refractivity contribution in [1.82, 2.24) is 25.9 Å². The summed E-state index contributed by atoms with van der Waals surface area (Å²) in [5.41, 5.74) is 7.32. The Labute approximate surface area is 120 Å². The maximum Gasteiger partial charge on any atom is 0.177 e. The molecular weight excluding hydrogens is 276 g/mol. The van der Waals surface area contributed by atoms with Gasteiger partial charge in [0, 0.05) is 13.2 Å². The van der Waals surface area contributed by atoms with Gasteiger partial charge in [0.05, 0.1) is 18.4 Å². The molecule has 0 unspecified atom stereocenters. The number of hydrogen-bond donors (Lipinski definition) is 3. The number of hydrogen-bond acceptors (Lipinski definition) is 6. The third-order valence-corrected chi connectivity index (χ3v) is 3.44. The molecule has 0 bridgehead atoms. The van der Waals surface area contributed by atoms with Crippen LogP contribution in [0.4, 0.5) is 0 Å². The van der Waals surface area contributed by atoms with E-state index in [2.05, 4.69) is 21.3 Å². The number of hydrazone groups is 1. The molecule has 0 spiro atoms. The summed E-state index contributed by atoms with van der Waals surface area (Å²) < 4.78 is 7.62. The minimum absolute atomic E-state index is 0.659. The van der Waals surface area contributed by atoms with Crippen LogP contribution in [0.15, 0.2) is 35.6 Å². The Bertz CT molecular complexity index is 701. The van der Waals surface area contributed by atoms with Crippen molar-refractivity contribution in [2.75, 3.05) is 14.2 Å². The summed E-state index contributed by atoms with van der Waals surface area (Å²) in [7, 11) is 3.50. The van der Waals surface area contributed by atoms with E-state index in [4.69, 9.17) is 17.0 Å². The Morgan fingerprint density at radius 2 is 2.00 bits per heavy atom. The minimum atomic E-state index is 0.659. The molecule has 0 amide bonds. The summed E-state index contributed by atoms with van der Waals surface area (Å²) in [6.07, 6.45) is 1.83. The van der Waals surface area contributed by atoms with Crippen LogP contribution in [0.2, 0.25) is 0 Å². The van der Waals surface area contributed by atoms with Gasteiger partial charge in [0.2, 0.25) is 0 Å². The number of nitrogens with zero attached hydrogens (tertiary/aromatic N) is 3. The highest BCUT2D eigenvalue weighted by Crippen LogP contribution is 2.17. The molecule has 2 aromatic rings. The van der Waals surface area contributed by atoms with E-state index in [-0.39, 0.29) is 0 Å². The van der Waals surface area contributed by atoms with Crippen LogP contribution in [0.1, 0.15) is 5.56 Å². The van der Waals surface area contributed by atoms with Gasteiger partial charge in [-0.2, -0.15) is 0 Å². The van der Waals surface area contributed by atoms with E-state index in [9.17, 15) is 0 Å². The molecule has 0 fully saturated rings. The molecule has 1 aromatic heterocycles. The number of hydrazine groups is 2. The largest absolute Gasteiger partial charge is 0.497 e. The van der Waals surface area contributed by atoms with Crippen LogP contribution < -0.4 is 15.8 Å². The quantitative estimate of drug-likeness (QED) is 0.740. The first-order valence-corrected chi connectivity index (χ1v) is 6.39. The molecule has 0 radical (unpaired) electrons. The highest BCUT2D eigenvalue weighted by atomic mass is 32.1. The van der Waals surface area contributed by atoms with E-state index in [0.717, 1.165) is 22.8 Å². The van der Waals surface area contributed by atoms with Gasteiger partial charge in [0.1, 0.15) is 10.4 Å². The molecule has 0 saturated heterocycles. The van der Waals surface area contributed by atoms with Crippen LogP contribution in [0, 0.1) is 4.64 Å². The highest BCUT2D eigenvalue weighted by Gasteiger charge is 2.18. The van der Waals surface area contributed by atoms with Gasteiger partial charge >= 0.3 is 0 Å². The van der Waals surface area contributed by atoms with Gasteiger partial charge in [-0.15, -0.1) is 10.6 Å². The second-order valence-corrected chi connectivity index (χ2v) is 4.63. The molecule has 20 heavy (non-hydrogen) atoms. The van der Waals surface area contributed by atoms with Gasteiger partial charge in [0.25, 0.3) is 0 Å². The van der Waals surface area contributed by atoms with Crippen molar-refractivity contribution in [3.05, 3.63) is 40.7 Å². The number of amidine groups is 1. The lowest BCUT2D eigenvalue weighted by Crippen LogP contribution is -2.37. The molecule has 8 heteroatoms. The average Bonchev–Trinajstić information content (AvgIpc) is 3.05. The van der Waals surface area contributed by atoms with Crippen molar-refractivity contribution in [1.29, 1.82) is 0 Å². The van der Waals surface area contributed by atoms with Crippen LogP contribution >= 0.6 is 12.2 Å². The number of aromatic amines is 1. The number of rotatable bonds is 3. The Morgan fingerprint density at radius 3 is 2.60 bits per heavy atom. The van der Waals surface area contributed by atoms with E-state index in [1.165, 1.54) is 0 Å². The zero-order valence-electron chi connectivity index (χ0n) is 11.0. The number of methoxy groups -OCH3 is 1. The number of nitrogens with one attached hydrogen (secondary N) is 3. The number of H-pyrrole nitrogens is 1. The van der Waals surface area contributed by atoms with E-state index in [1.54, 1.807) is 12.1 Å². The molecule has 1 aliphatic rings. The van der Waals surface area contributed by atoms with E-state index >= 15 is 0 Å². The summed E-state index contributed by atoms with van der Waals surface area (Å²) in [6, 6.07) is 7.65. The van der Waals surface area contributed by atoms with E-state index < -0.39 is 0 Å². The van der Waals surface area contributed by atoms with Gasteiger partial charge in [-0.3, -0.25) is 10.1 Å². The van der Waals surface area contributed by atoms with Gasteiger partial charge in [-0.1, -0.05) is 12.2 Å². The monoisotopic (exact) mass is 290 g/mol. The fourth-order valence-electron chi connectivity index (χ4n) is 1.97. The molecule has 1 aliphatic heterocycles. The predicted molar refractivity (Wildman–Crippen MR) is 78.1 cm³/mol. The smallest absolute Gasteiger partial charge is 0.177 e. The maximum atomic E-state index is 5.50. The first-order valence-electron chi connectivity index (χ1n) is 5.98. The molecule has 0 aliphatic carbocycles. The lowest BCUT2D eigenvalue weighted by molar-refractivity contribution is 0.349. The summed E-state index contributed by atoms with van der Waals surface area (Å²) in [5, 5.41) is 9.04. The molecule has 2 heterocycles. The van der Waals surface area contributed by atoms with Crippen LogP contribution in [-0.2, 0) is 0 Å². The third kappa shape index (κ3) is 2.04. The SMILES string of the molecule is COc1ccc(-n2[nH]cc(C3=NNNN3C)c2=S)cc1. The molecule has 0 atom stereocenters. The third-order valence-electron chi connectivity index (χ3n) is 3.04. The van der Waals surface area contributed by atoms with Crippen molar-refractivity contribution in [3.8, 4) is 11.4 Å². The minimum Gasteiger partial charge on any atom is -0.497 e. The number of aromatic nitrogens is 2. The second kappa shape index (κ2) is 4.99. The van der Waals surface area contributed by atoms with Crippen LogP contribution in [0.25, 0.3) is 5.69 Å². The average molecular weight is 290 g/mol. The van der Waals surface area contributed by atoms with Crippen molar-refractivity contribution in [3.63, 3.8) is 0 Å². The number of ether oxygens (including phenoxy) is 1. The summed E-state index contributed by atoms with van der Waals surface area (Å²) in [4.78, 5) is 0. The Morgan fingerprint density at radius 1 is 1.25 bits per heavy atom. The zero-order valence-corrected chi connectivity index (χ0v) is 11.9. The lowest BCUT2D eigenvalue weighted by Gasteiger charge is -2.10. The molecular formula is C12H14N6OS. The maximum absolute atomic E-state index is 5.50. The van der Waals surface area contributed by atoms with Gasteiger partial charge in [0.15, 0.2) is 5.84 Å². The van der Waals surface area contributed by atoms with Crippen LogP contribution in [0.5, 0.6) is 5.75 Å². The van der Waals surface area contributed by atoms with Crippen molar-refractivity contribution in [2.45, 2.75) is 0 Å². The fourth-order valence-corrected chi connectivity index (χ4v) is 2.28. The first-order chi connectivity index (χ1) is 9.70. The van der Waals surface area contributed by atoms with Crippen LogP contribution in [-0.4, -0.2) is 34.8 Å². The summed E-state index contributed by atoms with van der Waals surface area (Å²) in [5.74, 6) is 1.54. The molecule has 1 aromatic carbocycles. The Hall–Kier alpha value is -2.32. The zero-order chi connectivity index (χ0) is 14.1. The first kappa shape index (κ1) is 12.7. The van der Waals surface area contributed by atoms with Crippen LogP contribution in [0.3, 0.4) is 0 Å². The molecule has 7 nitrogen and oxygen atoms in total. The van der Waals surface area contributed by atoms with E-state index in [1.807, 2.05) is 42.2 Å². The van der Waals surface area contributed by atoms with Gasteiger partial charge in [-0.05, 0) is 24.3 Å². The highest BCUT2D eigenvalue weighted by molar-refractivity contribution is 7.71. The normalized spacial score (nSPS) is 14.1. The standard InChI is InChI=1S/C12H14N6OS/c1-17-11(14-15-16-17)10-7-13-18(12(10)20)8-3-5-9(19-2)6-4-8/h3-7,13,15-16H,1-2H3. The molecule has 3 N–H and O–H groups in total. The number of benzene rings is 1. The Kier molecular flexibility index (Phi) is 3.17. The fraction of sp³-hybridized carbons (Fsp3) is 0.167. The summed E-state index contributed by atoms with van der Waals surface area (Å²) >= 11 is 5.50. The molecule has 104 valence electrons. The molecule has 0 saturated carbocycles. The molecule has 3 rings (SSSR count). The van der Waals surface area contributed by atoms with Crippen molar-refractivity contribution < 1.29 is 4.74 Å². The topological polar surface area (TPSA) is 69.6 Å². The van der Waals surface area contributed by atoms with Gasteiger partial charge in [-0.25, -0.2) is 10.2 Å². The van der Waals surface area contributed by atoms with Crippen molar-refractivity contribution >= 4 is 18.1 Å². The van der Waals surface area contributed by atoms with Gasteiger partial charge < -0.3 is 4.74 Å². The van der Waals surface area contributed by atoms with Crippen molar-refractivity contribution in [2.24, 2.45) is 5.10 Å². The van der Waals surface area contributed by atoms with E-state index in [0.29, 0.717) is 4.64 Å². The second-order valence-electron chi connectivity index (χ2n) is 4.24. The lowest BCUT2D eigenvalue weighted by atomic mass is 10.3. The summed E-state index contributed by atoms with van der Waals surface area (Å²) in [6.45, 7) is 0.